The standard InChI is InChI=1S/C18H18F3NO4/c1-11(2)25-15-9-8-12(10-16(15)24-3)17(23)22-13-6-4-5-7-14(13)26-18(19,20)21/h4-11H,1-3H3,(H,22,23). The number of carbonyl (C=O) groups is 1. The number of methoxy groups -OCH3 is 1. The van der Waals surface area contributed by atoms with Gasteiger partial charge >= 0.3 is 6.36 Å². The highest BCUT2D eigenvalue weighted by atomic mass is 19.4. The lowest BCUT2D eigenvalue weighted by molar-refractivity contribution is -0.274. The molecule has 26 heavy (non-hydrogen) atoms. The third-order valence-corrected chi connectivity index (χ3v) is 3.15. The number of carbonyl (C=O) groups excluding carboxylic acids is 1. The van der Waals surface area contributed by atoms with Crippen LogP contribution >= 0.6 is 0 Å². The van der Waals surface area contributed by atoms with Crippen LogP contribution in [0.2, 0.25) is 0 Å². The number of alkyl halides is 3. The van der Waals surface area contributed by atoms with Crippen LogP contribution in [0.5, 0.6) is 17.2 Å². The number of para-hydroxylation sites is 2. The highest BCUT2D eigenvalue weighted by molar-refractivity contribution is 6.05. The van der Waals surface area contributed by atoms with Crippen LogP contribution < -0.4 is 19.5 Å². The van der Waals surface area contributed by atoms with Gasteiger partial charge in [-0.3, -0.25) is 4.79 Å². The van der Waals surface area contributed by atoms with Gasteiger partial charge in [-0.15, -0.1) is 13.2 Å². The minimum absolute atomic E-state index is 0.0880. The third-order valence-electron chi connectivity index (χ3n) is 3.15. The molecule has 140 valence electrons. The number of benzene rings is 2. The fourth-order valence-electron chi connectivity index (χ4n) is 2.14. The zero-order valence-electron chi connectivity index (χ0n) is 14.4. The number of amides is 1. The van der Waals surface area contributed by atoms with Crippen LogP contribution in [-0.4, -0.2) is 25.5 Å². The molecule has 2 aromatic carbocycles. The van der Waals surface area contributed by atoms with Crippen molar-refractivity contribution in [1.29, 1.82) is 0 Å². The summed E-state index contributed by atoms with van der Waals surface area (Å²) < 4.78 is 52.1. The van der Waals surface area contributed by atoms with E-state index in [0.29, 0.717) is 11.5 Å². The summed E-state index contributed by atoms with van der Waals surface area (Å²) in [5.74, 6) is -0.316. The van der Waals surface area contributed by atoms with E-state index in [9.17, 15) is 18.0 Å². The molecule has 2 aromatic rings. The van der Waals surface area contributed by atoms with Crippen molar-refractivity contribution in [1.82, 2.24) is 0 Å². The second kappa shape index (κ2) is 7.99. The van der Waals surface area contributed by atoms with Gasteiger partial charge in [0.05, 0.1) is 18.9 Å². The number of hydrogen-bond acceptors (Lipinski definition) is 4. The number of ether oxygens (including phenoxy) is 3. The molecular formula is C18H18F3NO4. The van der Waals surface area contributed by atoms with Crippen molar-refractivity contribution in [3.8, 4) is 17.2 Å². The Bertz CT molecular complexity index is 775. The SMILES string of the molecule is COc1cc(C(=O)Nc2ccccc2OC(F)(F)F)ccc1OC(C)C. The molecule has 8 heteroatoms. The second-order valence-electron chi connectivity index (χ2n) is 5.53. The molecule has 0 heterocycles. The summed E-state index contributed by atoms with van der Waals surface area (Å²) >= 11 is 0. The Hall–Kier alpha value is -2.90. The molecule has 5 nitrogen and oxygen atoms in total. The Labute approximate surface area is 148 Å². The first-order valence-electron chi connectivity index (χ1n) is 7.70. The van der Waals surface area contributed by atoms with Gasteiger partial charge in [-0.1, -0.05) is 12.1 Å². The molecule has 0 aromatic heterocycles. The molecular weight excluding hydrogens is 351 g/mol. The van der Waals surface area contributed by atoms with Gasteiger partial charge in [0.25, 0.3) is 5.91 Å². The lowest BCUT2D eigenvalue weighted by atomic mass is 10.1. The first-order chi connectivity index (χ1) is 12.2. The lowest BCUT2D eigenvalue weighted by Crippen LogP contribution is -2.19. The largest absolute Gasteiger partial charge is 0.573 e. The average molecular weight is 369 g/mol. The molecule has 2 rings (SSSR count). The van der Waals surface area contributed by atoms with Gasteiger partial charge < -0.3 is 19.5 Å². The van der Waals surface area contributed by atoms with Crippen LogP contribution in [-0.2, 0) is 0 Å². The van der Waals surface area contributed by atoms with E-state index in [0.717, 1.165) is 6.07 Å². The summed E-state index contributed by atoms with van der Waals surface area (Å²) in [5.41, 5.74) is 0.0936. The number of anilines is 1. The summed E-state index contributed by atoms with van der Waals surface area (Å²) in [6.45, 7) is 3.69. The maximum atomic E-state index is 12.5. The molecule has 0 fully saturated rings. The molecule has 0 unspecified atom stereocenters. The molecule has 0 aliphatic rings. The predicted octanol–water partition coefficient (Wildman–Crippen LogP) is 4.63. The zero-order chi connectivity index (χ0) is 19.3. The smallest absolute Gasteiger partial charge is 0.493 e. The molecule has 0 spiro atoms. The third kappa shape index (κ3) is 5.30. The van der Waals surface area contributed by atoms with E-state index in [1.54, 1.807) is 6.07 Å². The topological polar surface area (TPSA) is 56.8 Å². The monoisotopic (exact) mass is 369 g/mol. The molecule has 0 saturated heterocycles. The van der Waals surface area contributed by atoms with Crippen LogP contribution in [0.4, 0.5) is 18.9 Å². The highest BCUT2D eigenvalue weighted by Gasteiger charge is 2.32. The predicted molar refractivity (Wildman–Crippen MR) is 89.8 cm³/mol. The average Bonchev–Trinajstić information content (AvgIpc) is 2.55. The van der Waals surface area contributed by atoms with Crippen LogP contribution in [0.15, 0.2) is 42.5 Å². The summed E-state index contributed by atoms with van der Waals surface area (Å²) in [4.78, 5) is 12.4. The Kier molecular flexibility index (Phi) is 5.97. The van der Waals surface area contributed by atoms with E-state index >= 15 is 0 Å². The minimum Gasteiger partial charge on any atom is -0.493 e. The Balaban J connectivity index is 2.23. The molecule has 1 amide bonds. The van der Waals surface area contributed by atoms with Gasteiger partial charge in [-0.05, 0) is 44.2 Å². The molecule has 1 N–H and O–H groups in total. The Morgan fingerprint density at radius 3 is 2.35 bits per heavy atom. The Morgan fingerprint density at radius 2 is 1.73 bits per heavy atom. The van der Waals surface area contributed by atoms with Crippen LogP contribution in [0.25, 0.3) is 0 Å². The van der Waals surface area contributed by atoms with Gasteiger partial charge in [-0.2, -0.15) is 0 Å². The quantitative estimate of drug-likeness (QED) is 0.806. The summed E-state index contributed by atoms with van der Waals surface area (Å²) in [6, 6.07) is 9.78. The van der Waals surface area contributed by atoms with Gasteiger partial charge in [0.1, 0.15) is 0 Å². The van der Waals surface area contributed by atoms with Crippen molar-refractivity contribution in [3.63, 3.8) is 0 Å². The first kappa shape index (κ1) is 19.4. The maximum Gasteiger partial charge on any atom is 0.573 e. The van der Waals surface area contributed by atoms with Crippen molar-refractivity contribution >= 4 is 11.6 Å². The van der Waals surface area contributed by atoms with Crippen molar-refractivity contribution < 1.29 is 32.2 Å². The van der Waals surface area contributed by atoms with E-state index < -0.39 is 18.0 Å². The van der Waals surface area contributed by atoms with Crippen molar-refractivity contribution in [3.05, 3.63) is 48.0 Å². The maximum absolute atomic E-state index is 12.5. The van der Waals surface area contributed by atoms with Crippen LogP contribution in [0, 0.1) is 0 Å². The van der Waals surface area contributed by atoms with Gasteiger partial charge in [0, 0.05) is 5.56 Å². The molecule has 0 saturated carbocycles. The summed E-state index contributed by atoms with van der Waals surface area (Å²) in [6.07, 6.45) is -4.95. The summed E-state index contributed by atoms with van der Waals surface area (Å²) in [5, 5.41) is 2.40. The first-order valence-corrected chi connectivity index (χ1v) is 7.70. The van der Waals surface area contributed by atoms with Crippen molar-refractivity contribution in [2.75, 3.05) is 12.4 Å². The minimum atomic E-state index is -4.86. The van der Waals surface area contributed by atoms with Crippen LogP contribution in [0.1, 0.15) is 24.2 Å². The van der Waals surface area contributed by atoms with Gasteiger partial charge in [0.15, 0.2) is 17.2 Å². The van der Waals surface area contributed by atoms with E-state index in [4.69, 9.17) is 9.47 Å². The zero-order valence-corrected chi connectivity index (χ0v) is 14.4. The molecule has 0 bridgehead atoms. The molecule has 0 atom stereocenters. The number of hydrogen-bond donors (Lipinski definition) is 1. The van der Waals surface area contributed by atoms with E-state index in [1.165, 1.54) is 37.4 Å². The van der Waals surface area contributed by atoms with E-state index in [-0.39, 0.29) is 17.4 Å². The van der Waals surface area contributed by atoms with Crippen molar-refractivity contribution in [2.24, 2.45) is 0 Å². The normalized spacial score (nSPS) is 11.2. The van der Waals surface area contributed by atoms with E-state index in [2.05, 4.69) is 10.1 Å². The second-order valence-corrected chi connectivity index (χ2v) is 5.53. The lowest BCUT2D eigenvalue weighted by Gasteiger charge is -2.16. The molecule has 0 aliphatic carbocycles. The van der Waals surface area contributed by atoms with Crippen molar-refractivity contribution in [2.45, 2.75) is 26.3 Å². The Morgan fingerprint density at radius 1 is 1.04 bits per heavy atom. The summed E-state index contributed by atoms with van der Waals surface area (Å²) in [7, 11) is 1.43. The number of rotatable bonds is 6. The van der Waals surface area contributed by atoms with Gasteiger partial charge in [0.2, 0.25) is 0 Å². The number of halogens is 3. The van der Waals surface area contributed by atoms with Crippen LogP contribution in [0.3, 0.4) is 0 Å². The highest BCUT2D eigenvalue weighted by Crippen LogP contribution is 2.32. The fraction of sp³-hybridized carbons (Fsp3) is 0.278. The number of nitrogens with one attached hydrogen (secondary N) is 1. The molecule has 0 radical (unpaired) electrons. The fourth-order valence-corrected chi connectivity index (χ4v) is 2.14. The molecule has 0 aliphatic heterocycles. The van der Waals surface area contributed by atoms with E-state index in [1.807, 2.05) is 13.8 Å². The van der Waals surface area contributed by atoms with Gasteiger partial charge in [-0.25, -0.2) is 0 Å².